The molecule has 1 rings (SSSR count). The maximum absolute atomic E-state index is 10.5. The summed E-state index contributed by atoms with van der Waals surface area (Å²) in [7, 11) is 1.65. The predicted octanol–water partition coefficient (Wildman–Crippen LogP) is -0.480. The third kappa shape index (κ3) is 1.21. The summed E-state index contributed by atoms with van der Waals surface area (Å²) in [5.74, 6) is 0. The molecular formula is C6H12N2O2. The number of amides is 2. The van der Waals surface area contributed by atoms with E-state index in [1.165, 1.54) is 4.90 Å². The Hall–Kier alpha value is -0.770. The quantitative estimate of drug-likeness (QED) is 0.522. The zero-order chi connectivity index (χ0) is 7.72. The maximum Gasteiger partial charge on any atom is 0.314 e. The van der Waals surface area contributed by atoms with E-state index in [0.29, 0.717) is 12.8 Å². The molecule has 4 nitrogen and oxygen atoms in total. The van der Waals surface area contributed by atoms with Crippen LogP contribution in [-0.4, -0.2) is 35.2 Å². The largest absolute Gasteiger partial charge is 0.393 e. The van der Waals surface area contributed by atoms with Crippen molar-refractivity contribution in [2.24, 2.45) is 5.73 Å². The molecule has 1 aliphatic carbocycles. The fourth-order valence-electron chi connectivity index (χ4n) is 1.06. The zero-order valence-corrected chi connectivity index (χ0v) is 5.95. The Morgan fingerprint density at radius 3 is 2.50 bits per heavy atom. The summed E-state index contributed by atoms with van der Waals surface area (Å²) in [6.45, 7) is 0. The molecule has 58 valence electrons. The van der Waals surface area contributed by atoms with Gasteiger partial charge in [-0.15, -0.1) is 0 Å². The molecule has 3 N–H and O–H groups in total. The molecule has 0 aromatic carbocycles. The molecular weight excluding hydrogens is 132 g/mol. The Kier molecular flexibility index (Phi) is 1.80. The highest BCUT2D eigenvalue weighted by Gasteiger charge is 2.31. The molecule has 10 heavy (non-hydrogen) atoms. The first-order chi connectivity index (χ1) is 4.61. The molecule has 1 saturated carbocycles. The lowest BCUT2D eigenvalue weighted by Gasteiger charge is -2.37. The van der Waals surface area contributed by atoms with E-state index in [2.05, 4.69) is 0 Å². The standard InChI is InChI=1S/C6H12N2O2/c1-8(6(7)10)4-2-5(9)3-4/h4-5,9H,2-3H2,1H3,(H2,7,10). The van der Waals surface area contributed by atoms with Crippen LogP contribution in [0.3, 0.4) is 0 Å². The second kappa shape index (κ2) is 2.46. The maximum atomic E-state index is 10.5. The van der Waals surface area contributed by atoms with E-state index in [1.807, 2.05) is 0 Å². The van der Waals surface area contributed by atoms with Crippen molar-refractivity contribution in [3.05, 3.63) is 0 Å². The highest BCUT2D eigenvalue weighted by molar-refractivity contribution is 5.72. The van der Waals surface area contributed by atoms with E-state index in [4.69, 9.17) is 10.8 Å². The minimum absolute atomic E-state index is 0.160. The summed E-state index contributed by atoms with van der Waals surface area (Å²) in [6, 6.07) is -0.260. The van der Waals surface area contributed by atoms with Crippen molar-refractivity contribution in [1.29, 1.82) is 0 Å². The first kappa shape index (κ1) is 7.34. The number of hydrogen-bond acceptors (Lipinski definition) is 2. The van der Waals surface area contributed by atoms with Gasteiger partial charge in [0.25, 0.3) is 0 Å². The monoisotopic (exact) mass is 144 g/mol. The predicted molar refractivity (Wildman–Crippen MR) is 36.4 cm³/mol. The van der Waals surface area contributed by atoms with Crippen molar-refractivity contribution in [3.8, 4) is 0 Å². The first-order valence-electron chi connectivity index (χ1n) is 3.31. The van der Waals surface area contributed by atoms with Crippen LogP contribution in [0.1, 0.15) is 12.8 Å². The molecule has 0 saturated heterocycles. The number of rotatable bonds is 1. The van der Waals surface area contributed by atoms with Crippen molar-refractivity contribution >= 4 is 6.03 Å². The minimum Gasteiger partial charge on any atom is -0.393 e. The number of aliphatic hydroxyl groups is 1. The second-order valence-electron chi connectivity index (χ2n) is 2.73. The minimum atomic E-state index is -0.420. The van der Waals surface area contributed by atoms with E-state index in [-0.39, 0.29) is 12.1 Å². The van der Waals surface area contributed by atoms with Crippen LogP contribution in [0.25, 0.3) is 0 Å². The topological polar surface area (TPSA) is 66.6 Å². The Balaban J connectivity index is 2.31. The van der Waals surface area contributed by atoms with E-state index in [9.17, 15) is 4.79 Å². The molecule has 1 fully saturated rings. The van der Waals surface area contributed by atoms with Crippen LogP contribution in [0.5, 0.6) is 0 Å². The SMILES string of the molecule is CN(C(N)=O)C1CC(O)C1. The molecule has 4 heteroatoms. The molecule has 0 aromatic heterocycles. The Morgan fingerprint density at radius 1 is 1.70 bits per heavy atom. The van der Waals surface area contributed by atoms with Crippen molar-refractivity contribution < 1.29 is 9.90 Å². The number of urea groups is 1. The summed E-state index contributed by atoms with van der Waals surface area (Å²) < 4.78 is 0. The number of primary amides is 1. The van der Waals surface area contributed by atoms with E-state index in [1.54, 1.807) is 7.05 Å². The first-order valence-corrected chi connectivity index (χ1v) is 3.31. The highest BCUT2D eigenvalue weighted by Crippen LogP contribution is 2.23. The zero-order valence-electron chi connectivity index (χ0n) is 5.95. The molecule has 0 aromatic rings. The normalized spacial score (nSPS) is 31.0. The number of carbonyl (C=O) groups excluding carboxylic acids is 1. The Bertz CT molecular complexity index is 143. The number of carbonyl (C=O) groups is 1. The molecule has 0 aliphatic heterocycles. The molecule has 2 amide bonds. The van der Waals surface area contributed by atoms with E-state index >= 15 is 0 Å². The van der Waals surface area contributed by atoms with Gasteiger partial charge in [0.2, 0.25) is 0 Å². The molecule has 0 unspecified atom stereocenters. The number of nitrogens with two attached hydrogens (primary N) is 1. The molecule has 0 heterocycles. The van der Waals surface area contributed by atoms with Crippen molar-refractivity contribution in [3.63, 3.8) is 0 Å². The molecule has 1 aliphatic rings. The number of nitrogens with zero attached hydrogens (tertiary/aromatic N) is 1. The van der Waals surface area contributed by atoms with E-state index < -0.39 is 6.03 Å². The summed E-state index contributed by atoms with van der Waals surface area (Å²) in [5, 5.41) is 8.87. The van der Waals surface area contributed by atoms with Crippen LogP contribution < -0.4 is 5.73 Å². The number of aliphatic hydroxyl groups excluding tert-OH is 1. The average Bonchev–Trinajstić information content (AvgIpc) is 1.79. The fourth-order valence-corrected chi connectivity index (χ4v) is 1.06. The summed E-state index contributed by atoms with van der Waals surface area (Å²) in [4.78, 5) is 12.0. The molecule has 0 bridgehead atoms. The van der Waals surface area contributed by atoms with Crippen LogP contribution >= 0.6 is 0 Å². The summed E-state index contributed by atoms with van der Waals surface area (Å²) in [6.07, 6.45) is 1.10. The lowest BCUT2D eigenvalue weighted by Crippen LogP contribution is -2.49. The van der Waals surface area contributed by atoms with E-state index in [0.717, 1.165) is 0 Å². The van der Waals surface area contributed by atoms with Crippen LogP contribution in [0.4, 0.5) is 4.79 Å². The van der Waals surface area contributed by atoms with Gasteiger partial charge in [0.15, 0.2) is 0 Å². The lowest BCUT2D eigenvalue weighted by molar-refractivity contribution is 0.0275. The molecule has 0 atom stereocenters. The van der Waals surface area contributed by atoms with Gasteiger partial charge in [-0.2, -0.15) is 0 Å². The van der Waals surface area contributed by atoms with Gasteiger partial charge in [-0.1, -0.05) is 0 Å². The van der Waals surface area contributed by atoms with Crippen molar-refractivity contribution in [2.45, 2.75) is 25.0 Å². The fraction of sp³-hybridized carbons (Fsp3) is 0.833. The van der Waals surface area contributed by atoms with Crippen LogP contribution in [-0.2, 0) is 0 Å². The van der Waals surface area contributed by atoms with Gasteiger partial charge in [-0.3, -0.25) is 0 Å². The van der Waals surface area contributed by atoms with Gasteiger partial charge >= 0.3 is 6.03 Å². The Morgan fingerprint density at radius 2 is 2.20 bits per heavy atom. The summed E-state index contributed by atoms with van der Waals surface area (Å²) >= 11 is 0. The van der Waals surface area contributed by atoms with Gasteiger partial charge in [0.05, 0.1) is 6.10 Å². The van der Waals surface area contributed by atoms with Gasteiger partial charge in [-0.05, 0) is 12.8 Å². The van der Waals surface area contributed by atoms with Crippen LogP contribution in [0, 0.1) is 0 Å². The molecule has 0 radical (unpaired) electrons. The number of hydrogen-bond donors (Lipinski definition) is 2. The van der Waals surface area contributed by atoms with Gasteiger partial charge in [0, 0.05) is 13.1 Å². The molecule has 0 spiro atoms. The van der Waals surface area contributed by atoms with Gasteiger partial charge < -0.3 is 15.7 Å². The summed E-state index contributed by atoms with van der Waals surface area (Å²) in [5.41, 5.74) is 5.00. The van der Waals surface area contributed by atoms with Crippen molar-refractivity contribution in [2.75, 3.05) is 7.05 Å². The Labute approximate surface area is 59.6 Å². The lowest BCUT2D eigenvalue weighted by atomic mass is 9.89. The van der Waals surface area contributed by atoms with Crippen LogP contribution in [0.15, 0.2) is 0 Å². The van der Waals surface area contributed by atoms with Gasteiger partial charge in [-0.25, -0.2) is 4.79 Å². The van der Waals surface area contributed by atoms with Gasteiger partial charge in [0.1, 0.15) is 0 Å². The third-order valence-corrected chi connectivity index (χ3v) is 1.98. The van der Waals surface area contributed by atoms with Crippen molar-refractivity contribution in [1.82, 2.24) is 4.90 Å². The highest BCUT2D eigenvalue weighted by atomic mass is 16.3. The second-order valence-corrected chi connectivity index (χ2v) is 2.73. The average molecular weight is 144 g/mol. The smallest absolute Gasteiger partial charge is 0.314 e. The third-order valence-electron chi connectivity index (χ3n) is 1.98. The van der Waals surface area contributed by atoms with Crippen LogP contribution in [0.2, 0.25) is 0 Å².